The van der Waals surface area contributed by atoms with Crippen molar-refractivity contribution in [3.63, 3.8) is 0 Å². The highest BCUT2D eigenvalue weighted by Crippen LogP contribution is 2.45. The molecule has 0 bridgehead atoms. The minimum atomic E-state index is -1.20. The summed E-state index contributed by atoms with van der Waals surface area (Å²) in [7, 11) is 0. The van der Waals surface area contributed by atoms with E-state index in [1.54, 1.807) is 17.8 Å². The molecule has 3 aliphatic rings. The molecule has 40 heavy (non-hydrogen) atoms. The number of fused-ring (bicyclic) bond motifs is 2. The summed E-state index contributed by atoms with van der Waals surface area (Å²) >= 11 is 0. The predicted octanol–water partition coefficient (Wildman–Crippen LogP) is 1.64. The Morgan fingerprint density at radius 3 is 2.70 bits per heavy atom. The van der Waals surface area contributed by atoms with Crippen LogP contribution in [-0.4, -0.2) is 86.4 Å². The van der Waals surface area contributed by atoms with Crippen LogP contribution in [-0.2, 0) is 23.7 Å². The Kier molecular flexibility index (Phi) is 7.12. The second-order valence-electron chi connectivity index (χ2n) is 9.09. The van der Waals surface area contributed by atoms with Crippen LogP contribution in [0.25, 0.3) is 11.2 Å². The molecule has 3 aliphatic heterocycles. The van der Waals surface area contributed by atoms with E-state index in [9.17, 15) is 14.7 Å². The molecule has 0 saturated carbocycles. The molecule has 0 spiro atoms. The fourth-order valence-electron chi connectivity index (χ4n) is 4.75. The van der Waals surface area contributed by atoms with Gasteiger partial charge in [0, 0.05) is 12.1 Å². The first kappa shape index (κ1) is 25.9. The molecule has 1 aromatic carbocycles. The normalized spacial score (nSPS) is 27.1. The van der Waals surface area contributed by atoms with Crippen LogP contribution in [0, 0.1) is 0 Å². The number of ether oxygens (including phenoxy) is 4. The van der Waals surface area contributed by atoms with Crippen LogP contribution in [0.1, 0.15) is 25.0 Å². The molecule has 16 nitrogen and oxygen atoms in total. The van der Waals surface area contributed by atoms with Gasteiger partial charge in [0.15, 0.2) is 35.2 Å². The summed E-state index contributed by atoms with van der Waals surface area (Å²) in [6.45, 7) is 2.27. The Morgan fingerprint density at radius 1 is 1.07 bits per heavy atom. The van der Waals surface area contributed by atoms with Crippen LogP contribution in [0.2, 0.25) is 0 Å². The number of nitrogens with zero attached hydrogens (tertiary/aromatic N) is 7. The fraction of sp³-hybridized carbons (Fsp3) is 0.417. The molecule has 2 amide bonds. The Morgan fingerprint density at radius 2 is 1.90 bits per heavy atom. The quantitative estimate of drug-likeness (QED) is 0.352. The van der Waals surface area contributed by atoms with E-state index in [2.05, 4.69) is 41.0 Å². The molecule has 6 rings (SSSR count). The maximum absolute atomic E-state index is 12.1. The molecule has 5 heterocycles. The minimum Gasteiger partial charge on any atom is -0.477 e. The third-order valence-electron chi connectivity index (χ3n) is 6.56. The molecular weight excluding hydrogens is 526 g/mol. The van der Waals surface area contributed by atoms with Crippen molar-refractivity contribution < 1.29 is 33.6 Å². The van der Waals surface area contributed by atoms with Gasteiger partial charge in [0.2, 0.25) is 0 Å². The van der Waals surface area contributed by atoms with E-state index >= 15 is 0 Å². The molecule has 5 unspecified atom stereocenters. The van der Waals surface area contributed by atoms with E-state index in [0.717, 1.165) is 5.56 Å². The lowest BCUT2D eigenvalue weighted by molar-refractivity contribution is -0.157. The second kappa shape index (κ2) is 11.0. The number of nitrogens with one attached hydrogen (secondary N) is 2. The zero-order chi connectivity index (χ0) is 27.6. The van der Waals surface area contributed by atoms with Gasteiger partial charge in [-0.25, -0.2) is 24.5 Å². The first-order chi connectivity index (χ1) is 19.5. The molecule has 2 aromatic heterocycles. The van der Waals surface area contributed by atoms with Crippen molar-refractivity contribution >= 4 is 34.7 Å². The Bertz CT molecular complexity index is 1460. The van der Waals surface area contributed by atoms with E-state index in [1.165, 1.54) is 6.33 Å². The molecule has 2 fully saturated rings. The molecule has 2 saturated heterocycles. The second-order valence-corrected chi connectivity index (χ2v) is 9.09. The van der Waals surface area contributed by atoms with Gasteiger partial charge >= 0.3 is 12.0 Å². The number of urea groups is 1. The molecule has 3 aromatic rings. The number of anilines is 1. The number of imidazole rings is 1. The molecule has 6 atom stereocenters. The highest BCUT2D eigenvalue weighted by atomic mass is 16.8. The number of carboxylic acids is 1. The van der Waals surface area contributed by atoms with E-state index in [-0.39, 0.29) is 24.7 Å². The van der Waals surface area contributed by atoms with Crippen LogP contribution in [0.3, 0.4) is 0 Å². The molecule has 0 aliphatic carbocycles. The van der Waals surface area contributed by atoms with Crippen LogP contribution >= 0.6 is 0 Å². The SMILES string of the molecule is CCNC(=O)Nc1ncnc2c1ncn2C1OC(COCC2N=NN=C2C(=O)O)C2O[C@H](c3ccccc3)OC21. The van der Waals surface area contributed by atoms with Crippen LogP contribution in [0.4, 0.5) is 10.6 Å². The van der Waals surface area contributed by atoms with Crippen molar-refractivity contribution in [3.05, 3.63) is 48.5 Å². The monoisotopic (exact) mass is 551 g/mol. The fourth-order valence-corrected chi connectivity index (χ4v) is 4.75. The molecule has 16 heteroatoms. The lowest BCUT2D eigenvalue weighted by Gasteiger charge is -2.21. The summed E-state index contributed by atoms with van der Waals surface area (Å²) in [6, 6.07) is 8.28. The van der Waals surface area contributed by atoms with Crippen LogP contribution < -0.4 is 10.6 Å². The van der Waals surface area contributed by atoms with Crippen molar-refractivity contribution in [2.45, 2.75) is 43.8 Å². The minimum absolute atomic E-state index is 0.0460. The topological polar surface area (TPSA) is 196 Å². The molecule has 0 radical (unpaired) electrons. The van der Waals surface area contributed by atoms with E-state index in [4.69, 9.17) is 18.9 Å². The Hall–Kier alpha value is -4.38. The number of carboxylic acid groups (broad SMARTS) is 1. The molecule has 208 valence electrons. The summed E-state index contributed by atoms with van der Waals surface area (Å²) < 4.78 is 26.5. The van der Waals surface area contributed by atoms with Crippen molar-refractivity contribution in [2.75, 3.05) is 25.1 Å². The van der Waals surface area contributed by atoms with Crippen molar-refractivity contribution in [1.82, 2.24) is 24.8 Å². The van der Waals surface area contributed by atoms with Gasteiger partial charge in [-0.05, 0) is 12.1 Å². The molecule has 3 N–H and O–H groups in total. The van der Waals surface area contributed by atoms with Crippen molar-refractivity contribution in [2.24, 2.45) is 15.4 Å². The Balaban J connectivity index is 1.24. The summed E-state index contributed by atoms with van der Waals surface area (Å²) in [5, 5.41) is 25.4. The van der Waals surface area contributed by atoms with Crippen LogP contribution in [0.15, 0.2) is 58.4 Å². The van der Waals surface area contributed by atoms with E-state index < -0.39 is 48.9 Å². The summed E-state index contributed by atoms with van der Waals surface area (Å²) in [4.78, 5) is 36.4. The van der Waals surface area contributed by atoms with Crippen molar-refractivity contribution in [1.29, 1.82) is 0 Å². The number of amides is 2. The first-order valence-electron chi connectivity index (χ1n) is 12.6. The third-order valence-corrected chi connectivity index (χ3v) is 6.56. The zero-order valence-electron chi connectivity index (χ0n) is 21.2. The van der Waals surface area contributed by atoms with Gasteiger partial charge in [-0.1, -0.05) is 30.3 Å². The number of carbonyl (C=O) groups excluding carboxylic acids is 1. The number of carbonyl (C=O) groups is 2. The largest absolute Gasteiger partial charge is 0.477 e. The number of hydrogen-bond acceptors (Lipinski definition) is 12. The third kappa shape index (κ3) is 4.88. The van der Waals surface area contributed by atoms with Gasteiger partial charge in [0.25, 0.3) is 0 Å². The van der Waals surface area contributed by atoms with Crippen LogP contribution in [0.5, 0.6) is 0 Å². The standard InChI is InChI=1S/C24H25N9O7/c1-2-25-24(36)29-19-16-20(27-10-26-19)33(11-28-16)21-18-17(39-23(40-18)12-6-4-3-5-7-12)14(38-21)9-37-8-13-15(22(34)35)31-32-30-13/h3-7,10-11,13-14,17-18,21,23H,2,8-9H2,1H3,(H,34,35)(H2,25,26,27,29,36)/t13?,14?,17?,18?,21?,23-/m0/s1. The number of aromatic nitrogens is 4. The smallest absolute Gasteiger partial charge is 0.354 e. The van der Waals surface area contributed by atoms with Gasteiger partial charge < -0.3 is 29.4 Å². The average molecular weight is 552 g/mol. The van der Waals surface area contributed by atoms with Gasteiger partial charge in [-0.3, -0.25) is 9.88 Å². The summed E-state index contributed by atoms with van der Waals surface area (Å²) in [5.74, 6) is -0.958. The van der Waals surface area contributed by atoms with E-state index in [0.29, 0.717) is 17.7 Å². The van der Waals surface area contributed by atoms with Gasteiger partial charge in [-0.15, -0.1) is 5.10 Å². The Labute approximate surface area is 226 Å². The maximum atomic E-state index is 12.1. The maximum Gasteiger partial charge on any atom is 0.354 e. The lowest BCUT2D eigenvalue weighted by Crippen LogP contribution is -2.34. The van der Waals surface area contributed by atoms with Crippen molar-refractivity contribution in [3.8, 4) is 0 Å². The first-order valence-corrected chi connectivity index (χ1v) is 12.6. The average Bonchev–Trinajstić information content (AvgIpc) is 3.74. The lowest BCUT2D eigenvalue weighted by atomic mass is 10.1. The highest BCUT2D eigenvalue weighted by Gasteiger charge is 2.54. The number of benzene rings is 1. The number of rotatable bonds is 9. The van der Waals surface area contributed by atoms with Gasteiger partial charge in [-0.2, -0.15) is 5.11 Å². The summed E-state index contributed by atoms with van der Waals surface area (Å²) in [6.07, 6.45) is -0.147. The van der Waals surface area contributed by atoms with Gasteiger partial charge in [0.1, 0.15) is 30.7 Å². The summed E-state index contributed by atoms with van der Waals surface area (Å²) in [5.41, 5.74) is 1.45. The molecular formula is C24H25N9O7. The predicted molar refractivity (Wildman–Crippen MR) is 135 cm³/mol. The van der Waals surface area contributed by atoms with E-state index in [1.807, 2.05) is 30.3 Å². The zero-order valence-corrected chi connectivity index (χ0v) is 21.2. The number of hydrogen-bond donors (Lipinski definition) is 3. The van der Waals surface area contributed by atoms with Gasteiger partial charge in [0.05, 0.1) is 19.5 Å². The highest BCUT2D eigenvalue weighted by molar-refractivity contribution is 6.38. The number of aliphatic carboxylic acids is 1.